The van der Waals surface area contributed by atoms with E-state index in [0.29, 0.717) is 17.9 Å². The number of hydrogen-bond donors (Lipinski definition) is 1. The first-order valence-corrected chi connectivity index (χ1v) is 10.1. The summed E-state index contributed by atoms with van der Waals surface area (Å²) in [6, 6.07) is 12.4. The van der Waals surface area contributed by atoms with Crippen LogP contribution in [0.2, 0.25) is 0 Å². The van der Waals surface area contributed by atoms with Gasteiger partial charge in [-0.3, -0.25) is 0 Å². The fraction of sp³-hybridized carbons (Fsp3) is 0.368. The Morgan fingerprint density at radius 1 is 1.15 bits per heavy atom. The van der Waals surface area contributed by atoms with Crippen LogP contribution in [0.25, 0.3) is 0 Å². The van der Waals surface area contributed by atoms with Crippen LogP contribution in [0.5, 0.6) is 5.75 Å². The van der Waals surface area contributed by atoms with E-state index in [1.165, 1.54) is 29.6 Å². The summed E-state index contributed by atoms with van der Waals surface area (Å²) in [6.45, 7) is 1.94. The average molecular weight is 413 g/mol. The lowest BCUT2D eigenvalue weighted by Gasteiger charge is -2.28. The zero-order valence-electron chi connectivity index (χ0n) is 14.8. The number of nitrogens with one attached hydrogen (secondary N) is 1. The summed E-state index contributed by atoms with van der Waals surface area (Å²) in [6.07, 6.45) is 0. The molecule has 3 atom stereocenters. The maximum atomic E-state index is 13.8. The summed E-state index contributed by atoms with van der Waals surface area (Å²) in [5.41, 5.74) is 0.702. The average Bonchev–Trinajstić information content (AvgIpc) is 3.23. The lowest BCUT2D eigenvalue weighted by Crippen LogP contribution is -2.34. The Hall–Kier alpha value is -1.67. The highest BCUT2D eigenvalue weighted by Crippen LogP contribution is 2.45. The van der Waals surface area contributed by atoms with Gasteiger partial charge in [0.05, 0.1) is 18.0 Å². The molecule has 0 aromatic heterocycles. The molecule has 2 aromatic carbocycles. The second-order valence-corrected chi connectivity index (χ2v) is 8.73. The van der Waals surface area contributed by atoms with Gasteiger partial charge in [-0.15, -0.1) is 12.4 Å². The van der Waals surface area contributed by atoms with E-state index >= 15 is 0 Å². The fourth-order valence-electron chi connectivity index (χ4n) is 4.13. The Labute approximate surface area is 165 Å². The topological polar surface area (TPSA) is 58.6 Å². The van der Waals surface area contributed by atoms with Gasteiger partial charge in [-0.2, -0.15) is 4.31 Å². The third-order valence-electron chi connectivity index (χ3n) is 5.36. The third kappa shape index (κ3) is 3.57. The van der Waals surface area contributed by atoms with E-state index in [1.807, 2.05) is 6.07 Å². The molecule has 8 heteroatoms. The van der Waals surface area contributed by atoms with E-state index in [-0.39, 0.29) is 41.0 Å². The molecule has 2 aliphatic heterocycles. The number of hydrogen-bond acceptors (Lipinski definition) is 4. The van der Waals surface area contributed by atoms with Crippen molar-refractivity contribution in [1.29, 1.82) is 0 Å². The summed E-state index contributed by atoms with van der Waals surface area (Å²) < 4.78 is 47.2. The Balaban J connectivity index is 0.00000210. The number of sulfonamides is 1. The molecule has 0 spiro atoms. The van der Waals surface area contributed by atoms with Crippen molar-refractivity contribution in [3.63, 3.8) is 0 Å². The monoisotopic (exact) mass is 412 g/mol. The molecule has 4 rings (SSSR count). The molecule has 0 amide bonds. The van der Waals surface area contributed by atoms with E-state index in [4.69, 9.17) is 4.74 Å². The van der Waals surface area contributed by atoms with E-state index in [0.717, 1.165) is 13.1 Å². The smallest absolute Gasteiger partial charge is 0.243 e. The van der Waals surface area contributed by atoms with Crippen LogP contribution in [0.3, 0.4) is 0 Å². The van der Waals surface area contributed by atoms with E-state index in [1.54, 1.807) is 24.3 Å². The molecule has 0 bridgehead atoms. The molecule has 1 N–H and O–H groups in total. The number of nitrogens with zero attached hydrogens (tertiary/aromatic N) is 1. The summed E-state index contributed by atoms with van der Waals surface area (Å²) in [4.78, 5) is 0.200. The molecule has 2 aliphatic rings. The highest BCUT2D eigenvalue weighted by molar-refractivity contribution is 7.89. The summed E-state index contributed by atoms with van der Waals surface area (Å²) >= 11 is 0. The number of fused-ring (bicyclic) bond motifs is 1. The highest BCUT2D eigenvalue weighted by atomic mass is 35.5. The van der Waals surface area contributed by atoms with Crippen molar-refractivity contribution in [3.8, 4) is 5.75 Å². The summed E-state index contributed by atoms with van der Waals surface area (Å²) in [5.74, 6) is 0.505. The minimum atomic E-state index is -3.72. The molecule has 0 aliphatic carbocycles. The van der Waals surface area contributed by atoms with Gasteiger partial charge < -0.3 is 10.1 Å². The number of methoxy groups -OCH3 is 1. The molecule has 2 aromatic rings. The van der Waals surface area contributed by atoms with E-state index < -0.39 is 10.0 Å². The van der Waals surface area contributed by atoms with Crippen LogP contribution in [-0.4, -0.2) is 39.5 Å². The molecule has 0 unspecified atom stereocenters. The minimum Gasteiger partial charge on any atom is -0.497 e. The zero-order valence-corrected chi connectivity index (χ0v) is 16.5. The van der Waals surface area contributed by atoms with Crippen LogP contribution in [0, 0.1) is 17.7 Å². The quantitative estimate of drug-likeness (QED) is 0.838. The molecule has 0 radical (unpaired) electrons. The van der Waals surface area contributed by atoms with Crippen LogP contribution in [0.15, 0.2) is 53.4 Å². The van der Waals surface area contributed by atoms with Gasteiger partial charge in [-0.05, 0) is 48.2 Å². The largest absolute Gasteiger partial charge is 0.497 e. The SMILES string of the molecule is COc1cccc(S(=O)(=O)N2C[C@@H]3CNC[C@@H]3[C@@H]2c2cccc(F)c2)c1.Cl. The minimum absolute atomic E-state index is 0. The van der Waals surface area contributed by atoms with Crippen molar-refractivity contribution < 1.29 is 17.5 Å². The Bertz CT molecular complexity index is 925. The van der Waals surface area contributed by atoms with Crippen LogP contribution >= 0.6 is 12.4 Å². The van der Waals surface area contributed by atoms with Crippen LogP contribution < -0.4 is 10.1 Å². The molecule has 5 nitrogen and oxygen atoms in total. The molecule has 2 heterocycles. The van der Waals surface area contributed by atoms with Gasteiger partial charge >= 0.3 is 0 Å². The third-order valence-corrected chi connectivity index (χ3v) is 7.20. The van der Waals surface area contributed by atoms with Crippen molar-refractivity contribution in [2.45, 2.75) is 10.9 Å². The number of benzene rings is 2. The second-order valence-electron chi connectivity index (χ2n) is 6.84. The maximum Gasteiger partial charge on any atom is 0.243 e. The van der Waals surface area contributed by atoms with Crippen molar-refractivity contribution in [3.05, 3.63) is 59.9 Å². The lowest BCUT2D eigenvalue weighted by molar-refractivity contribution is 0.344. The normalized spacial score (nSPS) is 25.0. The van der Waals surface area contributed by atoms with E-state index in [2.05, 4.69) is 5.32 Å². The van der Waals surface area contributed by atoms with Crippen molar-refractivity contribution in [2.24, 2.45) is 11.8 Å². The predicted molar refractivity (Wildman–Crippen MR) is 103 cm³/mol. The van der Waals surface area contributed by atoms with E-state index in [9.17, 15) is 12.8 Å². The Morgan fingerprint density at radius 2 is 1.93 bits per heavy atom. The summed E-state index contributed by atoms with van der Waals surface area (Å²) in [7, 11) is -2.21. The van der Waals surface area contributed by atoms with Gasteiger partial charge in [-0.1, -0.05) is 18.2 Å². The first-order chi connectivity index (χ1) is 12.5. The Kier molecular flexibility index (Phi) is 5.76. The van der Waals surface area contributed by atoms with Gasteiger partial charge in [0.1, 0.15) is 11.6 Å². The standard InChI is InChI=1S/C19H21FN2O3S.ClH/c1-25-16-6-3-7-17(9-16)26(23,24)22-12-14-10-21-11-18(14)19(22)13-4-2-5-15(20)8-13;/h2-9,14,18-19,21H,10-12H2,1H3;1H/t14-,18-,19-;/m0./s1. The predicted octanol–water partition coefficient (Wildman–Crippen LogP) is 2.84. The molecule has 146 valence electrons. The van der Waals surface area contributed by atoms with Gasteiger partial charge in [0.2, 0.25) is 10.0 Å². The molecular weight excluding hydrogens is 391 g/mol. The molecular formula is C19H22ClFN2O3S. The van der Waals surface area contributed by atoms with Gasteiger partial charge in [0, 0.05) is 19.2 Å². The number of halogens is 2. The van der Waals surface area contributed by atoms with Crippen LogP contribution in [0.4, 0.5) is 4.39 Å². The van der Waals surface area contributed by atoms with Crippen molar-refractivity contribution >= 4 is 22.4 Å². The van der Waals surface area contributed by atoms with Crippen LogP contribution in [0.1, 0.15) is 11.6 Å². The number of rotatable bonds is 4. The van der Waals surface area contributed by atoms with Crippen LogP contribution in [-0.2, 0) is 10.0 Å². The summed E-state index contributed by atoms with van der Waals surface area (Å²) in [5, 5.41) is 3.33. The lowest BCUT2D eigenvalue weighted by atomic mass is 9.90. The zero-order chi connectivity index (χ0) is 18.3. The first-order valence-electron chi connectivity index (χ1n) is 8.63. The number of ether oxygens (including phenoxy) is 1. The second kappa shape index (κ2) is 7.75. The molecule has 2 fully saturated rings. The molecule has 27 heavy (non-hydrogen) atoms. The van der Waals surface area contributed by atoms with Crippen molar-refractivity contribution in [1.82, 2.24) is 9.62 Å². The van der Waals surface area contributed by atoms with Crippen molar-refractivity contribution in [2.75, 3.05) is 26.7 Å². The fourth-order valence-corrected chi connectivity index (χ4v) is 5.88. The molecule has 0 saturated carbocycles. The molecule has 2 saturated heterocycles. The highest BCUT2D eigenvalue weighted by Gasteiger charge is 2.49. The van der Waals surface area contributed by atoms with Gasteiger partial charge in [-0.25, -0.2) is 12.8 Å². The first kappa shape index (κ1) is 20.1. The van der Waals surface area contributed by atoms with Gasteiger partial charge in [0.25, 0.3) is 0 Å². The van der Waals surface area contributed by atoms with Gasteiger partial charge in [0.15, 0.2) is 0 Å². The maximum absolute atomic E-state index is 13.8. The Morgan fingerprint density at radius 3 is 2.67 bits per heavy atom.